The molecule has 1 fully saturated rings. The van der Waals surface area contributed by atoms with Crippen molar-refractivity contribution in [3.05, 3.63) is 23.8 Å². The fourth-order valence-corrected chi connectivity index (χ4v) is 2.79. The van der Waals surface area contributed by atoms with E-state index in [1.54, 1.807) is 0 Å². The highest BCUT2D eigenvalue weighted by Gasteiger charge is 2.47. The van der Waals surface area contributed by atoms with Gasteiger partial charge in [-0.3, -0.25) is 0 Å². The number of nitrogens with zero attached hydrogens (tertiary/aromatic N) is 1. The maximum Gasteiger partial charge on any atom is 0.161 e. The van der Waals surface area contributed by atoms with Gasteiger partial charge in [-0.15, -0.1) is 0 Å². The van der Waals surface area contributed by atoms with Gasteiger partial charge in [0.1, 0.15) is 13.2 Å². The molecule has 0 radical (unpaired) electrons. The molecule has 0 saturated heterocycles. The van der Waals surface area contributed by atoms with Crippen molar-refractivity contribution in [2.24, 2.45) is 5.73 Å². The highest BCUT2D eigenvalue weighted by atomic mass is 16.6. The van der Waals surface area contributed by atoms with Crippen LogP contribution in [0.25, 0.3) is 0 Å². The van der Waals surface area contributed by atoms with E-state index < -0.39 is 0 Å². The largest absolute Gasteiger partial charge is 0.486 e. The van der Waals surface area contributed by atoms with Gasteiger partial charge in [-0.2, -0.15) is 0 Å². The first-order valence-electron chi connectivity index (χ1n) is 6.45. The van der Waals surface area contributed by atoms with Gasteiger partial charge < -0.3 is 20.1 Å². The Labute approximate surface area is 108 Å². The summed E-state index contributed by atoms with van der Waals surface area (Å²) >= 11 is 0. The molecule has 1 aliphatic carbocycles. The third-order valence-electron chi connectivity index (χ3n) is 3.77. The molecule has 1 unspecified atom stereocenters. The van der Waals surface area contributed by atoms with Gasteiger partial charge in [0, 0.05) is 5.54 Å². The summed E-state index contributed by atoms with van der Waals surface area (Å²) in [6, 6.07) is 6.41. The second-order valence-corrected chi connectivity index (χ2v) is 5.50. The Balaban J connectivity index is 1.95. The molecule has 0 spiro atoms. The van der Waals surface area contributed by atoms with E-state index in [1.807, 2.05) is 6.07 Å². The quantitative estimate of drug-likeness (QED) is 0.881. The van der Waals surface area contributed by atoms with E-state index in [1.165, 1.54) is 5.56 Å². The summed E-state index contributed by atoms with van der Waals surface area (Å²) in [6.45, 7) is 1.25. The first-order valence-corrected chi connectivity index (χ1v) is 6.45. The first-order chi connectivity index (χ1) is 8.60. The second-order valence-electron chi connectivity index (χ2n) is 5.50. The van der Waals surface area contributed by atoms with E-state index >= 15 is 0 Å². The van der Waals surface area contributed by atoms with Crippen LogP contribution in [0.4, 0.5) is 0 Å². The van der Waals surface area contributed by atoms with Gasteiger partial charge in [0.25, 0.3) is 0 Å². The van der Waals surface area contributed by atoms with Crippen LogP contribution in [0, 0.1) is 0 Å². The van der Waals surface area contributed by atoms with Gasteiger partial charge in [-0.05, 0) is 44.6 Å². The number of nitrogens with two attached hydrogens (primary N) is 1. The lowest BCUT2D eigenvalue weighted by Crippen LogP contribution is -2.39. The van der Waals surface area contributed by atoms with E-state index in [2.05, 4.69) is 31.1 Å². The second kappa shape index (κ2) is 4.14. The smallest absolute Gasteiger partial charge is 0.161 e. The van der Waals surface area contributed by atoms with Crippen LogP contribution in [-0.4, -0.2) is 37.7 Å². The molecule has 0 amide bonds. The predicted molar refractivity (Wildman–Crippen MR) is 70.0 cm³/mol. The number of likely N-dealkylation sites (N-methyl/N-ethyl adjacent to an activating group) is 1. The lowest BCUT2D eigenvalue weighted by Gasteiger charge is -2.31. The van der Waals surface area contributed by atoms with Crippen molar-refractivity contribution in [1.82, 2.24) is 4.90 Å². The molecule has 1 aromatic rings. The van der Waals surface area contributed by atoms with Crippen molar-refractivity contribution in [2.75, 3.05) is 27.3 Å². The van der Waals surface area contributed by atoms with E-state index in [0.717, 1.165) is 24.3 Å². The normalized spacial score (nSPS) is 21.8. The predicted octanol–water partition coefficient (Wildman–Crippen LogP) is 1.55. The number of rotatable bonds is 3. The fraction of sp³-hybridized carbons (Fsp3) is 0.571. The Bertz CT molecular complexity index is 455. The van der Waals surface area contributed by atoms with Crippen LogP contribution in [0.3, 0.4) is 0 Å². The average molecular weight is 248 g/mol. The molecule has 1 aromatic carbocycles. The fourth-order valence-electron chi connectivity index (χ4n) is 2.79. The van der Waals surface area contributed by atoms with Crippen LogP contribution in [0.15, 0.2) is 18.2 Å². The van der Waals surface area contributed by atoms with Crippen LogP contribution >= 0.6 is 0 Å². The van der Waals surface area contributed by atoms with Crippen LogP contribution in [0.1, 0.15) is 24.4 Å². The molecule has 18 heavy (non-hydrogen) atoms. The minimum atomic E-state index is -0.0761. The van der Waals surface area contributed by atoms with Gasteiger partial charge in [0.2, 0.25) is 0 Å². The number of hydrogen-bond donors (Lipinski definition) is 1. The Morgan fingerprint density at radius 2 is 1.83 bits per heavy atom. The van der Waals surface area contributed by atoms with Crippen LogP contribution in [0.5, 0.6) is 11.5 Å². The SMILES string of the molecule is CN(C)C(c1ccc2c(c1)OCCO2)C1(N)CC1. The molecule has 2 N–H and O–H groups in total. The van der Waals surface area contributed by atoms with Crippen LogP contribution in [0.2, 0.25) is 0 Å². The summed E-state index contributed by atoms with van der Waals surface area (Å²) in [5.74, 6) is 1.68. The van der Waals surface area contributed by atoms with Gasteiger partial charge in [-0.25, -0.2) is 0 Å². The zero-order chi connectivity index (χ0) is 12.8. The summed E-state index contributed by atoms with van der Waals surface area (Å²) in [7, 11) is 4.16. The van der Waals surface area contributed by atoms with E-state index in [9.17, 15) is 0 Å². The molecule has 0 bridgehead atoms. The minimum absolute atomic E-state index is 0.0761. The van der Waals surface area contributed by atoms with Crippen molar-refractivity contribution < 1.29 is 9.47 Å². The van der Waals surface area contributed by atoms with Crippen molar-refractivity contribution in [2.45, 2.75) is 24.4 Å². The van der Waals surface area contributed by atoms with Crippen molar-refractivity contribution in [1.29, 1.82) is 0 Å². The Hall–Kier alpha value is -1.26. The van der Waals surface area contributed by atoms with E-state index in [4.69, 9.17) is 15.2 Å². The molecular formula is C14H20N2O2. The highest BCUT2D eigenvalue weighted by Crippen LogP contribution is 2.47. The van der Waals surface area contributed by atoms with Crippen LogP contribution < -0.4 is 15.2 Å². The lowest BCUT2D eigenvalue weighted by molar-refractivity contribution is 0.170. The minimum Gasteiger partial charge on any atom is -0.486 e. The Morgan fingerprint density at radius 1 is 1.17 bits per heavy atom. The van der Waals surface area contributed by atoms with Crippen molar-refractivity contribution in [3.63, 3.8) is 0 Å². The molecule has 1 atom stereocenters. The van der Waals surface area contributed by atoms with Gasteiger partial charge >= 0.3 is 0 Å². The highest BCUT2D eigenvalue weighted by molar-refractivity contribution is 5.45. The van der Waals surface area contributed by atoms with Gasteiger partial charge in [-0.1, -0.05) is 6.07 Å². The van der Waals surface area contributed by atoms with Crippen molar-refractivity contribution >= 4 is 0 Å². The van der Waals surface area contributed by atoms with Gasteiger partial charge in [0.05, 0.1) is 6.04 Å². The molecule has 1 aliphatic heterocycles. The summed E-state index contributed by atoms with van der Waals surface area (Å²) in [6.07, 6.45) is 2.18. The third kappa shape index (κ3) is 1.95. The molecule has 4 nitrogen and oxygen atoms in total. The average Bonchev–Trinajstić information content (AvgIpc) is 3.07. The molecule has 3 rings (SSSR count). The number of ether oxygens (including phenoxy) is 2. The maximum absolute atomic E-state index is 6.39. The molecular weight excluding hydrogens is 228 g/mol. The van der Waals surface area contributed by atoms with Crippen molar-refractivity contribution in [3.8, 4) is 11.5 Å². The zero-order valence-corrected chi connectivity index (χ0v) is 11.0. The topological polar surface area (TPSA) is 47.7 Å². The summed E-state index contributed by atoms with van der Waals surface area (Å²) < 4.78 is 11.2. The molecule has 4 heteroatoms. The molecule has 1 saturated carbocycles. The molecule has 2 aliphatic rings. The summed E-state index contributed by atoms with van der Waals surface area (Å²) in [4.78, 5) is 2.19. The van der Waals surface area contributed by atoms with Gasteiger partial charge in [0.15, 0.2) is 11.5 Å². The Morgan fingerprint density at radius 3 is 2.44 bits per heavy atom. The Kier molecular flexibility index (Phi) is 2.72. The molecule has 1 heterocycles. The maximum atomic E-state index is 6.39. The molecule has 98 valence electrons. The third-order valence-corrected chi connectivity index (χ3v) is 3.77. The number of benzene rings is 1. The zero-order valence-electron chi connectivity index (χ0n) is 11.0. The van der Waals surface area contributed by atoms with E-state index in [0.29, 0.717) is 13.2 Å². The number of fused-ring (bicyclic) bond motifs is 1. The molecule has 0 aromatic heterocycles. The standard InChI is InChI=1S/C14H20N2O2/c1-16(2)13(14(15)5-6-14)10-3-4-11-12(9-10)18-8-7-17-11/h3-4,9,13H,5-8,15H2,1-2H3. The van der Waals surface area contributed by atoms with Crippen LogP contribution in [-0.2, 0) is 0 Å². The summed E-state index contributed by atoms with van der Waals surface area (Å²) in [5, 5.41) is 0. The number of hydrogen-bond acceptors (Lipinski definition) is 4. The first kappa shape index (κ1) is 11.8. The summed E-state index contributed by atoms with van der Waals surface area (Å²) in [5.41, 5.74) is 7.52. The lowest BCUT2D eigenvalue weighted by atomic mass is 9.96. The van der Waals surface area contributed by atoms with E-state index in [-0.39, 0.29) is 11.6 Å². The monoisotopic (exact) mass is 248 g/mol.